The number of carbonyl (C=O) groups is 1. The van der Waals surface area contributed by atoms with E-state index in [0.29, 0.717) is 13.0 Å². The molecule has 0 aliphatic heterocycles. The van der Waals surface area contributed by atoms with E-state index in [1.807, 2.05) is 6.07 Å². The molecule has 0 saturated heterocycles. The average Bonchev–Trinajstić information content (AvgIpc) is 2.82. The molecular formula is C10H16N6O. The fraction of sp³-hybridized carbons (Fsp3) is 0.600. The molecule has 1 amide bonds. The highest BCUT2D eigenvalue weighted by Gasteiger charge is 1.99. The van der Waals surface area contributed by atoms with Gasteiger partial charge in [0, 0.05) is 19.3 Å². The van der Waals surface area contributed by atoms with E-state index in [0.717, 1.165) is 19.5 Å². The van der Waals surface area contributed by atoms with E-state index in [1.165, 1.54) is 0 Å². The molecule has 1 heterocycles. The summed E-state index contributed by atoms with van der Waals surface area (Å²) in [6, 6.07) is 1.96. The van der Waals surface area contributed by atoms with Gasteiger partial charge in [0.15, 0.2) is 0 Å². The minimum Gasteiger partial charge on any atom is -0.354 e. The zero-order valence-electron chi connectivity index (χ0n) is 9.59. The summed E-state index contributed by atoms with van der Waals surface area (Å²) in [7, 11) is 0. The molecule has 0 aromatic carbocycles. The molecule has 0 radical (unpaired) electrons. The van der Waals surface area contributed by atoms with Crippen molar-refractivity contribution in [3.63, 3.8) is 0 Å². The van der Waals surface area contributed by atoms with Gasteiger partial charge < -0.3 is 10.6 Å². The lowest BCUT2D eigenvalue weighted by molar-refractivity contribution is -0.120. The maximum absolute atomic E-state index is 11.2. The quantitative estimate of drug-likeness (QED) is 0.581. The number of nitrogens with zero attached hydrogens (tertiary/aromatic N) is 4. The van der Waals surface area contributed by atoms with Crippen molar-refractivity contribution in [1.29, 1.82) is 5.26 Å². The number of aryl methyl sites for hydroxylation is 1. The van der Waals surface area contributed by atoms with Crippen LogP contribution in [-0.2, 0) is 11.3 Å². The highest BCUT2D eigenvalue weighted by Crippen LogP contribution is 1.85. The first-order valence-electron chi connectivity index (χ1n) is 5.51. The van der Waals surface area contributed by atoms with Crippen molar-refractivity contribution in [3.05, 3.63) is 12.4 Å². The Balaban J connectivity index is 1.93. The third kappa shape index (κ3) is 6.27. The lowest BCUT2D eigenvalue weighted by Crippen LogP contribution is -2.34. The summed E-state index contributed by atoms with van der Waals surface area (Å²) in [5.74, 6) is -0.0824. The second-order valence-corrected chi connectivity index (χ2v) is 3.45. The number of amides is 1. The van der Waals surface area contributed by atoms with Gasteiger partial charge in [0.1, 0.15) is 0 Å². The zero-order chi connectivity index (χ0) is 12.3. The van der Waals surface area contributed by atoms with Gasteiger partial charge in [-0.05, 0) is 13.0 Å². The Kier molecular flexibility index (Phi) is 6.36. The molecule has 0 aliphatic rings. The monoisotopic (exact) mass is 236 g/mol. The van der Waals surface area contributed by atoms with Gasteiger partial charge in [0.25, 0.3) is 0 Å². The van der Waals surface area contributed by atoms with Gasteiger partial charge >= 0.3 is 0 Å². The Morgan fingerprint density at radius 2 is 2.35 bits per heavy atom. The van der Waals surface area contributed by atoms with Crippen LogP contribution in [0.4, 0.5) is 0 Å². The minimum absolute atomic E-state index is 0.0824. The van der Waals surface area contributed by atoms with Gasteiger partial charge in [-0.1, -0.05) is 5.21 Å². The number of carbonyl (C=O) groups excluding carboxylic acids is 1. The van der Waals surface area contributed by atoms with Gasteiger partial charge in [0.2, 0.25) is 5.91 Å². The minimum atomic E-state index is -0.0824. The summed E-state index contributed by atoms with van der Waals surface area (Å²) in [6.45, 7) is 2.22. The highest BCUT2D eigenvalue weighted by molar-refractivity contribution is 5.77. The van der Waals surface area contributed by atoms with Crippen LogP contribution in [0.2, 0.25) is 0 Å². The smallest absolute Gasteiger partial charge is 0.233 e. The van der Waals surface area contributed by atoms with Gasteiger partial charge in [-0.25, -0.2) is 0 Å². The Hall–Kier alpha value is -1.94. The largest absolute Gasteiger partial charge is 0.354 e. The maximum atomic E-state index is 11.2. The van der Waals surface area contributed by atoms with Crippen LogP contribution in [0, 0.1) is 11.3 Å². The Morgan fingerprint density at radius 3 is 3.06 bits per heavy atom. The van der Waals surface area contributed by atoms with Crippen LogP contribution in [0.15, 0.2) is 12.4 Å². The van der Waals surface area contributed by atoms with Crippen molar-refractivity contribution in [1.82, 2.24) is 25.6 Å². The maximum Gasteiger partial charge on any atom is 0.233 e. The van der Waals surface area contributed by atoms with Crippen molar-refractivity contribution >= 4 is 5.91 Å². The molecule has 2 N–H and O–H groups in total. The molecule has 0 atom stereocenters. The normalized spacial score (nSPS) is 9.82. The summed E-state index contributed by atoms with van der Waals surface area (Å²) in [5.41, 5.74) is 0. The molecule has 0 aliphatic carbocycles. The summed E-state index contributed by atoms with van der Waals surface area (Å²) < 4.78 is 1.74. The van der Waals surface area contributed by atoms with Crippen LogP contribution in [0.25, 0.3) is 0 Å². The number of hydrogen-bond donors (Lipinski definition) is 2. The molecule has 1 aromatic rings. The second kappa shape index (κ2) is 8.24. The Bertz CT molecular complexity index is 355. The number of rotatable bonds is 8. The molecule has 0 saturated carbocycles. The molecule has 92 valence electrons. The Labute approximate surface area is 99.8 Å². The Morgan fingerprint density at radius 1 is 1.47 bits per heavy atom. The molecule has 1 aromatic heterocycles. The van der Waals surface area contributed by atoms with E-state index in [9.17, 15) is 4.79 Å². The van der Waals surface area contributed by atoms with Crippen LogP contribution >= 0.6 is 0 Å². The fourth-order valence-electron chi connectivity index (χ4n) is 1.24. The fourth-order valence-corrected chi connectivity index (χ4v) is 1.24. The van der Waals surface area contributed by atoms with Crippen LogP contribution in [-0.4, -0.2) is 40.5 Å². The molecule has 0 bridgehead atoms. The van der Waals surface area contributed by atoms with Gasteiger partial charge in [-0.2, -0.15) is 5.26 Å². The molecule has 0 unspecified atom stereocenters. The van der Waals surface area contributed by atoms with Crippen LogP contribution in [0.5, 0.6) is 0 Å². The van der Waals surface area contributed by atoms with Crippen LogP contribution in [0.3, 0.4) is 0 Å². The van der Waals surface area contributed by atoms with Crippen molar-refractivity contribution < 1.29 is 4.79 Å². The van der Waals surface area contributed by atoms with E-state index < -0.39 is 0 Å². The number of nitriles is 1. The van der Waals surface area contributed by atoms with Crippen molar-refractivity contribution in [3.8, 4) is 6.07 Å². The predicted molar refractivity (Wildman–Crippen MR) is 60.7 cm³/mol. The van der Waals surface area contributed by atoms with Crippen LogP contribution < -0.4 is 10.6 Å². The van der Waals surface area contributed by atoms with Crippen LogP contribution in [0.1, 0.15) is 12.8 Å². The van der Waals surface area contributed by atoms with Crippen molar-refractivity contribution in [2.24, 2.45) is 0 Å². The third-order valence-corrected chi connectivity index (χ3v) is 2.06. The van der Waals surface area contributed by atoms with Gasteiger partial charge in [0.05, 0.1) is 25.2 Å². The summed E-state index contributed by atoms with van der Waals surface area (Å²) in [4.78, 5) is 11.2. The van der Waals surface area contributed by atoms with E-state index in [2.05, 4.69) is 20.9 Å². The molecule has 17 heavy (non-hydrogen) atoms. The number of aromatic nitrogens is 3. The molecule has 0 fully saturated rings. The predicted octanol–water partition coefficient (Wildman–Crippen LogP) is -0.712. The molecule has 0 spiro atoms. The van der Waals surface area contributed by atoms with Gasteiger partial charge in [-0.15, -0.1) is 5.10 Å². The standard InChI is InChI=1S/C10H16N6O/c11-3-1-5-13-10(17)9-12-4-2-7-16-8-6-14-15-16/h6,8,12H,1-2,4-5,7,9H2,(H,13,17). The second-order valence-electron chi connectivity index (χ2n) is 3.45. The number of nitrogens with one attached hydrogen (secondary N) is 2. The van der Waals surface area contributed by atoms with E-state index in [1.54, 1.807) is 17.1 Å². The van der Waals surface area contributed by atoms with Gasteiger partial charge in [-0.3, -0.25) is 9.48 Å². The topological polar surface area (TPSA) is 95.6 Å². The lowest BCUT2D eigenvalue weighted by Gasteiger charge is -2.05. The van der Waals surface area contributed by atoms with Crippen molar-refractivity contribution in [2.75, 3.05) is 19.6 Å². The molecule has 7 nitrogen and oxygen atoms in total. The third-order valence-electron chi connectivity index (χ3n) is 2.06. The summed E-state index contributed by atoms with van der Waals surface area (Å²) in [5, 5.41) is 21.5. The SMILES string of the molecule is N#CCCNC(=O)CNCCCn1ccnn1. The van der Waals surface area contributed by atoms with Crippen molar-refractivity contribution in [2.45, 2.75) is 19.4 Å². The first kappa shape index (κ1) is 13.1. The van der Waals surface area contributed by atoms with E-state index in [4.69, 9.17) is 5.26 Å². The molecule has 7 heteroatoms. The summed E-state index contributed by atoms with van der Waals surface area (Å²) in [6.07, 6.45) is 4.66. The lowest BCUT2D eigenvalue weighted by atomic mass is 10.4. The first-order valence-corrected chi connectivity index (χ1v) is 5.51. The summed E-state index contributed by atoms with van der Waals surface area (Å²) >= 11 is 0. The molecule has 1 rings (SSSR count). The van der Waals surface area contributed by atoms with E-state index >= 15 is 0 Å². The first-order chi connectivity index (χ1) is 8.33. The van der Waals surface area contributed by atoms with E-state index in [-0.39, 0.29) is 12.5 Å². The zero-order valence-corrected chi connectivity index (χ0v) is 9.59. The number of hydrogen-bond acceptors (Lipinski definition) is 5. The average molecular weight is 236 g/mol. The molecular weight excluding hydrogens is 220 g/mol. The highest BCUT2D eigenvalue weighted by atomic mass is 16.1.